The lowest BCUT2D eigenvalue weighted by Crippen LogP contribution is -2.44. The molecule has 2 unspecified atom stereocenters. The molecule has 0 amide bonds. The minimum absolute atomic E-state index is 0.197. The van der Waals surface area contributed by atoms with Gasteiger partial charge in [0, 0.05) is 13.1 Å². The van der Waals surface area contributed by atoms with E-state index < -0.39 is 0 Å². The van der Waals surface area contributed by atoms with E-state index >= 15 is 0 Å². The van der Waals surface area contributed by atoms with Gasteiger partial charge < -0.3 is 20.1 Å². The highest BCUT2D eigenvalue weighted by molar-refractivity contribution is 4.76. The summed E-state index contributed by atoms with van der Waals surface area (Å²) < 4.78 is 5.45. The summed E-state index contributed by atoms with van der Waals surface area (Å²) in [5.74, 6) is 0.733. The zero-order chi connectivity index (χ0) is 13.4. The Kier molecular flexibility index (Phi) is 7.82. The van der Waals surface area contributed by atoms with Crippen molar-refractivity contribution >= 4 is 0 Å². The van der Waals surface area contributed by atoms with Crippen molar-refractivity contribution in [2.45, 2.75) is 45.8 Å². The van der Waals surface area contributed by atoms with Crippen LogP contribution in [0, 0.1) is 5.92 Å². The maximum absolute atomic E-state index is 9.93. The average molecular weight is 258 g/mol. The molecule has 1 fully saturated rings. The van der Waals surface area contributed by atoms with Crippen LogP contribution in [0.15, 0.2) is 0 Å². The lowest BCUT2D eigenvalue weighted by molar-refractivity contribution is -0.0134. The van der Waals surface area contributed by atoms with E-state index in [4.69, 9.17) is 4.74 Å². The third-order valence-electron chi connectivity index (χ3n) is 3.38. The molecule has 1 aliphatic rings. The summed E-state index contributed by atoms with van der Waals surface area (Å²) in [5, 5.41) is 13.3. The largest absolute Gasteiger partial charge is 0.389 e. The Hall–Kier alpha value is -0.160. The van der Waals surface area contributed by atoms with E-state index in [0.717, 1.165) is 38.6 Å². The first kappa shape index (κ1) is 15.9. The Balaban J connectivity index is 2.20. The van der Waals surface area contributed by atoms with Crippen molar-refractivity contribution in [1.29, 1.82) is 0 Å². The molecular formula is C14H30N2O2. The smallest absolute Gasteiger partial charge is 0.0900 e. The normalized spacial score (nSPS) is 23.5. The van der Waals surface area contributed by atoms with E-state index in [9.17, 15) is 5.11 Å². The zero-order valence-corrected chi connectivity index (χ0v) is 12.2. The van der Waals surface area contributed by atoms with Crippen molar-refractivity contribution in [1.82, 2.24) is 10.2 Å². The Morgan fingerprint density at radius 3 is 2.89 bits per heavy atom. The van der Waals surface area contributed by atoms with Crippen molar-refractivity contribution in [3.05, 3.63) is 0 Å². The molecule has 2 atom stereocenters. The molecule has 0 aromatic rings. The molecule has 2 N–H and O–H groups in total. The second-order valence-corrected chi connectivity index (χ2v) is 5.61. The Bertz CT molecular complexity index is 212. The van der Waals surface area contributed by atoms with Crippen molar-refractivity contribution in [2.24, 2.45) is 5.92 Å². The predicted molar refractivity (Wildman–Crippen MR) is 74.8 cm³/mol. The molecule has 108 valence electrons. The topological polar surface area (TPSA) is 44.7 Å². The van der Waals surface area contributed by atoms with Gasteiger partial charge in [-0.15, -0.1) is 0 Å². The number of rotatable bonds is 8. The van der Waals surface area contributed by atoms with Gasteiger partial charge in [-0.2, -0.15) is 0 Å². The minimum Gasteiger partial charge on any atom is -0.389 e. The van der Waals surface area contributed by atoms with Gasteiger partial charge in [0.2, 0.25) is 0 Å². The Labute approximate surface area is 112 Å². The lowest BCUT2D eigenvalue weighted by atomic mass is 9.98. The van der Waals surface area contributed by atoms with Crippen LogP contribution in [0.25, 0.3) is 0 Å². The highest BCUT2D eigenvalue weighted by Gasteiger charge is 2.21. The maximum Gasteiger partial charge on any atom is 0.0900 e. The Morgan fingerprint density at radius 1 is 1.44 bits per heavy atom. The van der Waals surface area contributed by atoms with Crippen molar-refractivity contribution in [3.8, 4) is 0 Å². The second-order valence-electron chi connectivity index (χ2n) is 5.61. The number of ether oxygens (including phenoxy) is 1. The van der Waals surface area contributed by atoms with Gasteiger partial charge >= 0.3 is 0 Å². The monoisotopic (exact) mass is 258 g/mol. The minimum atomic E-state index is -0.356. The quantitative estimate of drug-likeness (QED) is 0.684. The fraction of sp³-hybridized carbons (Fsp3) is 1.00. The molecule has 0 saturated carbocycles. The van der Waals surface area contributed by atoms with Gasteiger partial charge in [0.25, 0.3) is 0 Å². The number of piperidine rings is 1. The summed E-state index contributed by atoms with van der Waals surface area (Å²) in [5.41, 5.74) is 0. The van der Waals surface area contributed by atoms with Gasteiger partial charge in [0.15, 0.2) is 0 Å². The summed E-state index contributed by atoms with van der Waals surface area (Å²) in [7, 11) is 0. The highest BCUT2D eigenvalue weighted by atomic mass is 16.5. The molecule has 0 bridgehead atoms. The molecule has 1 heterocycles. The van der Waals surface area contributed by atoms with E-state index in [2.05, 4.69) is 17.1 Å². The number of aliphatic hydroxyl groups excluding tert-OH is 1. The van der Waals surface area contributed by atoms with E-state index in [1.165, 1.54) is 12.8 Å². The van der Waals surface area contributed by atoms with E-state index in [-0.39, 0.29) is 12.2 Å². The zero-order valence-electron chi connectivity index (χ0n) is 12.2. The molecule has 4 heteroatoms. The second kappa shape index (κ2) is 8.86. The number of aliphatic hydroxyl groups is 1. The van der Waals surface area contributed by atoms with Gasteiger partial charge in [-0.3, -0.25) is 0 Å². The summed E-state index contributed by atoms with van der Waals surface area (Å²) in [6, 6.07) is 0. The van der Waals surface area contributed by atoms with E-state index in [0.29, 0.717) is 6.61 Å². The van der Waals surface area contributed by atoms with Crippen LogP contribution >= 0.6 is 0 Å². The van der Waals surface area contributed by atoms with Crippen LogP contribution in [0.4, 0.5) is 0 Å². The van der Waals surface area contributed by atoms with Gasteiger partial charge in [-0.25, -0.2) is 0 Å². The van der Waals surface area contributed by atoms with Crippen molar-refractivity contribution < 1.29 is 9.84 Å². The predicted octanol–water partition coefficient (Wildman–Crippen LogP) is 1.09. The molecule has 1 aliphatic heterocycles. The summed E-state index contributed by atoms with van der Waals surface area (Å²) in [6.45, 7) is 11.7. The number of hydrogen-bond donors (Lipinski definition) is 2. The van der Waals surface area contributed by atoms with Crippen LogP contribution in [-0.2, 0) is 4.74 Å². The number of nitrogens with one attached hydrogen (secondary N) is 1. The molecule has 0 aliphatic carbocycles. The third-order valence-corrected chi connectivity index (χ3v) is 3.38. The van der Waals surface area contributed by atoms with Gasteiger partial charge in [-0.05, 0) is 52.2 Å². The summed E-state index contributed by atoms with van der Waals surface area (Å²) in [4.78, 5) is 2.37. The van der Waals surface area contributed by atoms with E-state index in [1.807, 2.05) is 13.8 Å². The van der Waals surface area contributed by atoms with Crippen molar-refractivity contribution in [3.63, 3.8) is 0 Å². The molecule has 4 nitrogen and oxygen atoms in total. The fourth-order valence-corrected chi connectivity index (χ4v) is 2.49. The van der Waals surface area contributed by atoms with Crippen LogP contribution in [0.2, 0.25) is 0 Å². The van der Waals surface area contributed by atoms with Crippen LogP contribution in [-0.4, -0.2) is 61.5 Å². The number of likely N-dealkylation sites (tertiary alicyclic amines) is 1. The SMILES string of the molecule is CCNCC1CCCN(CC(O)COC(C)C)C1. The van der Waals surface area contributed by atoms with Crippen molar-refractivity contribution in [2.75, 3.05) is 39.3 Å². The average Bonchev–Trinajstić information content (AvgIpc) is 2.34. The maximum atomic E-state index is 9.93. The first-order valence-electron chi connectivity index (χ1n) is 7.34. The Morgan fingerprint density at radius 2 is 2.22 bits per heavy atom. The van der Waals surface area contributed by atoms with Crippen LogP contribution in [0.5, 0.6) is 0 Å². The lowest BCUT2D eigenvalue weighted by Gasteiger charge is -2.34. The van der Waals surface area contributed by atoms with E-state index in [1.54, 1.807) is 0 Å². The molecule has 0 spiro atoms. The molecular weight excluding hydrogens is 228 g/mol. The fourth-order valence-electron chi connectivity index (χ4n) is 2.49. The molecule has 1 rings (SSSR count). The number of β-amino-alcohol motifs (C(OH)–C–C–N with tert-alkyl or cyclic N) is 1. The van der Waals surface area contributed by atoms with Crippen LogP contribution in [0.1, 0.15) is 33.6 Å². The summed E-state index contributed by atoms with van der Waals surface area (Å²) in [6.07, 6.45) is 2.39. The standard InChI is InChI=1S/C14H30N2O2/c1-4-15-8-13-6-5-7-16(9-13)10-14(17)11-18-12(2)3/h12-15,17H,4-11H2,1-3H3. The highest BCUT2D eigenvalue weighted by Crippen LogP contribution is 2.16. The summed E-state index contributed by atoms with van der Waals surface area (Å²) >= 11 is 0. The van der Waals surface area contributed by atoms with Crippen LogP contribution < -0.4 is 5.32 Å². The van der Waals surface area contributed by atoms with Crippen LogP contribution in [0.3, 0.4) is 0 Å². The first-order valence-corrected chi connectivity index (χ1v) is 7.34. The number of hydrogen-bond acceptors (Lipinski definition) is 4. The molecule has 0 radical (unpaired) electrons. The number of nitrogens with zero attached hydrogens (tertiary/aromatic N) is 1. The van der Waals surface area contributed by atoms with Gasteiger partial charge in [-0.1, -0.05) is 6.92 Å². The first-order chi connectivity index (χ1) is 8.61. The molecule has 0 aromatic carbocycles. The third kappa shape index (κ3) is 6.69. The van der Waals surface area contributed by atoms with Gasteiger partial charge in [0.1, 0.15) is 0 Å². The molecule has 0 aromatic heterocycles. The van der Waals surface area contributed by atoms with Gasteiger partial charge in [0.05, 0.1) is 18.8 Å². The molecule has 1 saturated heterocycles. The molecule has 18 heavy (non-hydrogen) atoms.